The molecule has 0 fully saturated rings. The number of fused-ring (bicyclic) bond motifs is 1. The van der Waals surface area contributed by atoms with Gasteiger partial charge in [0.15, 0.2) is 0 Å². The van der Waals surface area contributed by atoms with E-state index in [1.165, 1.54) is 11.3 Å². The number of aryl methyl sites for hydroxylation is 1. The van der Waals surface area contributed by atoms with Crippen molar-refractivity contribution in [3.05, 3.63) is 28.7 Å². The molecule has 1 N–H and O–H groups in total. The fourth-order valence-electron chi connectivity index (χ4n) is 2.51. The quantitative estimate of drug-likeness (QED) is 0.896. The molecule has 0 amide bonds. The summed E-state index contributed by atoms with van der Waals surface area (Å²) in [6.45, 7) is 5.95. The second kappa shape index (κ2) is 4.77. The molecule has 0 saturated carbocycles. The first-order valence-corrected chi connectivity index (χ1v) is 6.85. The molecule has 1 aliphatic heterocycles. The Bertz CT molecular complexity index is 631. The number of anilines is 2. The van der Waals surface area contributed by atoms with Gasteiger partial charge in [-0.05, 0) is 13.8 Å². The van der Waals surface area contributed by atoms with Gasteiger partial charge in [-0.3, -0.25) is 5.10 Å². The highest BCUT2D eigenvalue weighted by Gasteiger charge is 2.22. The molecule has 1 aliphatic rings. The second-order valence-electron chi connectivity index (χ2n) is 5.50. The number of rotatable bonds is 2. The molecule has 2 aromatic heterocycles. The van der Waals surface area contributed by atoms with Gasteiger partial charge in [0, 0.05) is 56.1 Å². The van der Waals surface area contributed by atoms with Crippen LogP contribution >= 0.6 is 0 Å². The molecule has 0 aliphatic carbocycles. The van der Waals surface area contributed by atoms with Gasteiger partial charge in [-0.15, -0.1) is 0 Å². The van der Waals surface area contributed by atoms with Crippen LogP contribution in [-0.4, -0.2) is 40.8 Å². The standard InChI is InChI=1S/C14H20N6/c1-9-10(2)16-14(19(3)4)17-13(9)20-6-5-12-11(8-20)7-15-18-12/h7H,5-6,8H2,1-4H3,(H,15,18). The first-order valence-electron chi connectivity index (χ1n) is 6.85. The highest BCUT2D eigenvalue weighted by atomic mass is 15.3. The number of nitrogens with one attached hydrogen (secondary N) is 1. The van der Waals surface area contributed by atoms with Crippen molar-refractivity contribution in [3.63, 3.8) is 0 Å². The van der Waals surface area contributed by atoms with Crippen molar-refractivity contribution in [2.24, 2.45) is 0 Å². The number of H-pyrrole nitrogens is 1. The third kappa shape index (κ3) is 2.11. The lowest BCUT2D eigenvalue weighted by Crippen LogP contribution is -2.32. The molecule has 0 aromatic carbocycles. The number of hydrogen-bond acceptors (Lipinski definition) is 5. The van der Waals surface area contributed by atoms with E-state index in [4.69, 9.17) is 4.98 Å². The normalized spacial score (nSPS) is 14.3. The molecule has 3 heterocycles. The van der Waals surface area contributed by atoms with Crippen LogP contribution in [0, 0.1) is 13.8 Å². The smallest absolute Gasteiger partial charge is 0.227 e. The van der Waals surface area contributed by atoms with Gasteiger partial charge in [0.25, 0.3) is 0 Å². The van der Waals surface area contributed by atoms with Gasteiger partial charge < -0.3 is 9.80 Å². The highest BCUT2D eigenvalue weighted by molar-refractivity contribution is 5.53. The minimum absolute atomic E-state index is 0.765. The number of aromatic amines is 1. The molecule has 20 heavy (non-hydrogen) atoms. The lowest BCUT2D eigenvalue weighted by atomic mass is 10.1. The highest BCUT2D eigenvalue weighted by Crippen LogP contribution is 2.27. The van der Waals surface area contributed by atoms with E-state index in [9.17, 15) is 0 Å². The van der Waals surface area contributed by atoms with Crippen molar-refractivity contribution in [2.75, 3.05) is 30.4 Å². The Morgan fingerprint density at radius 1 is 1.25 bits per heavy atom. The van der Waals surface area contributed by atoms with Crippen LogP contribution in [0.1, 0.15) is 22.5 Å². The summed E-state index contributed by atoms with van der Waals surface area (Å²) in [6, 6.07) is 0. The van der Waals surface area contributed by atoms with Crippen LogP contribution in [0.15, 0.2) is 6.20 Å². The Kier molecular flexibility index (Phi) is 3.08. The fourth-order valence-corrected chi connectivity index (χ4v) is 2.51. The Morgan fingerprint density at radius 3 is 2.80 bits per heavy atom. The maximum atomic E-state index is 4.72. The van der Waals surface area contributed by atoms with Gasteiger partial charge in [0.1, 0.15) is 5.82 Å². The van der Waals surface area contributed by atoms with Crippen LogP contribution < -0.4 is 9.80 Å². The summed E-state index contributed by atoms with van der Waals surface area (Å²) in [4.78, 5) is 13.5. The van der Waals surface area contributed by atoms with E-state index in [1.54, 1.807) is 0 Å². The molecule has 106 valence electrons. The van der Waals surface area contributed by atoms with Crippen molar-refractivity contribution in [1.29, 1.82) is 0 Å². The summed E-state index contributed by atoms with van der Waals surface area (Å²) < 4.78 is 0. The fraction of sp³-hybridized carbons (Fsp3) is 0.500. The van der Waals surface area contributed by atoms with E-state index in [0.29, 0.717) is 0 Å². The zero-order chi connectivity index (χ0) is 14.3. The average molecular weight is 272 g/mol. The summed E-state index contributed by atoms with van der Waals surface area (Å²) in [6.07, 6.45) is 2.90. The zero-order valence-electron chi connectivity index (χ0n) is 12.4. The third-order valence-electron chi connectivity index (χ3n) is 3.85. The van der Waals surface area contributed by atoms with Gasteiger partial charge in [-0.2, -0.15) is 10.1 Å². The molecule has 0 atom stereocenters. The largest absolute Gasteiger partial charge is 0.351 e. The summed E-state index contributed by atoms with van der Waals surface area (Å²) in [5, 5.41) is 7.19. The summed E-state index contributed by atoms with van der Waals surface area (Å²) in [7, 11) is 3.94. The van der Waals surface area contributed by atoms with Crippen LogP contribution in [-0.2, 0) is 13.0 Å². The van der Waals surface area contributed by atoms with Crippen molar-refractivity contribution in [2.45, 2.75) is 26.8 Å². The molecule has 0 spiro atoms. The van der Waals surface area contributed by atoms with Crippen molar-refractivity contribution in [3.8, 4) is 0 Å². The molecular formula is C14H20N6. The van der Waals surface area contributed by atoms with Crippen LogP contribution in [0.3, 0.4) is 0 Å². The monoisotopic (exact) mass is 272 g/mol. The summed E-state index contributed by atoms with van der Waals surface area (Å²) in [5.41, 5.74) is 4.70. The first-order chi connectivity index (χ1) is 9.56. The van der Waals surface area contributed by atoms with Crippen molar-refractivity contribution in [1.82, 2.24) is 20.2 Å². The lowest BCUT2D eigenvalue weighted by molar-refractivity contribution is 0.704. The topological polar surface area (TPSA) is 60.9 Å². The van der Waals surface area contributed by atoms with E-state index < -0.39 is 0 Å². The number of aromatic nitrogens is 4. The Balaban J connectivity index is 1.98. The van der Waals surface area contributed by atoms with E-state index >= 15 is 0 Å². The van der Waals surface area contributed by atoms with Crippen LogP contribution in [0.5, 0.6) is 0 Å². The van der Waals surface area contributed by atoms with E-state index in [1.807, 2.05) is 32.1 Å². The average Bonchev–Trinajstić information content (AvgIpc) is 2.88. The van der Waals surface area contributed by atoms with Crippen LogP contribution in [0.25, 0.3) is 0 Å². The van der Waals surface area contributed by atoms with Gasteiger partial charge in [0.05, 0.1) is 6.20 Å². The SMILES string of the molecule is Cc1nc(N(C)C)nc(N2CCc3[nH]ncc3C2)c1C. The Hall–Kier alpha value is -2.11. The Morgan fingerprint density at radius 2 is 2.05 bits per heavy atom. The number of hydrogen-bond donors (Lipinski definition) is 1. The van der Waals surface area contributed by atoms with Gasteiger partial charge in [-0.1, -0.05) is 0 Å². The molecule has 6 heteroatoms. The number of nitrogens with zero attached hydrogens (tertiary/aromatic N) is 5. The van der Waals surface area contributed by atoms with Crippen molar-refractivity contribution < 1.29 is 0 Å². The van der Waals surface area contributed by atoms with E-state index in [0.717, 1.165) is 42.5 Å². The molecule has 0 unspecified atom stereocenters. The lowest BCUT2D eigenvalue weighted by Gasteiger charge is -2.29. The molecule has 0 saturated heterocycles. The molecule has 6 nitrogen and oxygen atoms in total. The van der Waals surface area contributed by atoms with E-state index in [2.05, 4.69) is 27.0 Å². The Labute approximate surface area is 118 Å². The molecule has 0 radical (unpaired) electrons. The summed E-state index contributed by atoms with van der Waals surface area (Å²) in [5.74, 6) is 1.80. The molecular weight excluding hydrogens is 252 g/mol. The van der Waals surface area contributed by atoms with Gasteiger partial charge in [0.2, 0.25) is 5.95 Å². The maximum Gasteiger partial charge on any atom is 0.227 e. The van der Waals surface area contributed by atoms with Crippen LogP contribution in [0.4, 0.5) is 11.8 Å². The summed E-state index contributed by atoms with van der Waals surface area (Å²) >= 11 is 0. The molecule has 3 rings (SSSR count). The molecule has 0 bridgehead atoms. The predicted molar refractivity (Wildman–Crippen MR) is 79.2 cm³/mol. The molecule has 2 aromatic rings. The van der Waals surface area contributed by atoms with Crippen molar-refractivity contribution >= 4 is 11.8 Å². The van der Waals surface area contributed by atoms with Gasteiger partial charge >= 0.3 is 0 Å². The van der Waals surface area contributed by atoms with Gasteiger partial charge in [-0.25, -0.2) is 4.98 Å². The van der Waals surface area contributed by atoms with Crippen LogP contribution in [0.2, 0.25) is 0 Å². The zero-order valence-corrected chi connectivity index (χ0v) is 12.4. The third-order valence-corrected chi connectivity index (χ3v) is 3.85. The maximum absolute atomic E-state index is 4.72. The minimum atomic E-state index is 0.765. The second-order valence-corrected chi connectivity index (χ2v) is 5.50. The first kappa shape index (κ1) is 12.9. The predicted octanol–water partition coefficient (Wildman–Crippen LogP) is 1.45. The van der Waals surface area contributed by atoms with E-state index in [-0.39, 0.29) is 0 Å². The minimum Gasteiger partial charge on any atom is -0.351 e.